The highest BCUT2D eigenvalue weighted by atomic mass is 79.9. The van der Waals surface area contributed by atoms with Crippen molar-refractivity contribution in [3.8, 4) is 5.75 Å². The van der Waals surface area contributed by atoms with Crippen molar-refractivity contribution in [1.82, 2.24) is 0 Å². The second-order valence-electron chi connectivity index (χ2n) is 4.54. The molecule has 0 spiro atoms. The summed E-state index contributed by atoms with van der Waals surface area (Å²) in [6, 6.07) is 11.9. The summed E-state index contributed by atoms with van der Waals surface area (Å²) in [5, 5.41) is 10.4. The lowest BCUT2D eigenvalue weighted by Crippen LogP contribution is -2.09. The monoisotopic (exact) mass is 361 g/mol. The van der Waals surface area contributed by atoms with Crippen LogP contribution in [-0.4, -0.2) is 10.9 Å². The van der Waals surface area contributed by atoms with Gasteiger partial charge in [0, 0.05) is 16.1 Å². The van der Waals surface area contributed by atoms with Gasteiger partial charge in [-0.1, -0.05) is 33.6 Å². The molecule has 2 rings (SSSR count). The van der Waals surface area contributed by atoms with Crippen molar-refractivity contribution < 1.29 is 14.5 Å². The Morgan fingerprint density at radius 1 is 1.23 bits per heavy atom. The minimum Gasteiger partial charge on any atom is -0.422 e. The van der Waals surface area contributed by atoms with Crippen molar-refractivity contribution in [1.29, 1.82) is 0 Å². The van der Waals surface area contributed by atoms with Gasteiger partial charge in [-0.05, 0) is 37.3 Å². The fourth-order valence-electron chi connectivity index (χ4n) is 1.73. The first-order valence-corrected chi connectivity index (χ1v) is 7.15. The summed E-state index contributed by atoms with van der Waals surface area (Å²) in [6.45, 7) is 1.92. The van der Waals surface area contributed by atoms with Crippen LogP contribution >= 0.6 is 15.9 Å². The Morgan fingerprint density at radius 2 is 1.91 bits per heavy atom. The van der Waals surface area contributed by atoms with Crippen molar-refractivity contribution in [2.45, 2.75) is 6.92 Å². The molecule has 0 saturated heterocycles. The molecule has 0 aliphatic heterocycles. The van der Waals surface area contributed by atoms with E-state index in [1.54, 1.807) is 30.3 Å². The molecular formula is C16H12BrNO4. The Kier molecular flexibility index (Phi) is 5.06. The van der Waals surface area contributed by atoms with Gasteiger partial charge in [-0.2, -0.15) is 0 Å². The molecule has 6 heteroatoms. The predicted octanol–water partition coefficient (Wildman–Crippen LogP) is 4.22. The summed E-state index contributed by atoms with van der Waals surface area (Å²) >= 11 is 3.28. The summed E-state index contributed by atoms with van der Waals surface area (Å²) in [5.41, 5.74) is 1.89. The Balaban J connectivity index is 2.26. The fraction of sp³-hybridized carbons (Fsp3) is 0.0625. The Bertz CT molecular complexity index is 738. The highest BCUT2D eigenvalue weighted by molar-refractivity contribution is 9.10. The van der Waals surface area contributed by atoms with Crippen LogP contribution in [0, 0.1) is 17.0 Å². The molecule has 0 aliphatic rings. The van der Waals surface area contributed by atoms with E-state index >= 15 is 0 Å². The molecule has 112 valence electrons. The largest absolute Gasteiger partial charge is 0.422 e. The summed E-state index contributed by atoms with van der Waals surface area (Å²) in [5.74, 6) is -0.259. The van der Waals surface area contributed by atoms with Crippen LogP contribution in [0.15, 0.2) is 53.1 Å². The number of hydrogen-bond donors (Lipinski definition) is 0. The van der Waals surface area contributed by atoms with E-state index in [-0.39, 0.29) is 5.75 Å². The maximum absolute atomic E-state index is 12.1. The third-order valence-corrected chi connectivity index (χ3v) is 3.33. The average molecular weight is 362 g/mol. The lowest BCUT2D eigenvalue weighted by Gasteiger charge is -2.08. The molecule has 0 atom stereocenters. The highest BCUT2D eigenvalue weighted by Gasteiger charge is 2.11. The molecule has 22 heavy (non-hydrogen) atoms. The molecule has 0 N–H and O–H groups in total. The van der Waals surface area contributed by atoms with Gasteiger partial charge in [-0.25, -0.2) is 4.79 Å². The first kappa shape index (κ1) is 15.9. The van der Waals surface area contributed by atoms with Crippen LogP contribution in [0.5, 0.6) is 5.75 Å². The summed E-state index contributed by atoms with van der Waals surface area (Å²) in [4.78, 5) is 22.0. The number of carbonyl (C=O) groups excluding carboxylic acids is 1. The predicted molar refractivity (Wildman–Crippen MR) is 86.3 cm³/mol. The number of aryl methyl sites for hydroxylation is 1. The van der Waals surface area contributed by atoms with Crippen LogP contribution in [0.25, 0.3) is 6.08 Å². The summed E-state index contributed by atoms with van der Waals surface area (Å²) in [6.07, 6.45) is 2.08. The van der Waals surface area contributed by atoms with Gasteiger partial charge in [-0.3, -0.25) is 10.1 Å². The molecule has 0 unspecified atom stereocenters. The lowest BCUT2D eigenvalue weighted by molar-refractivity contribution is -0.400. The third kappa shape index (κ3) is 4.26. The number of esters is 1. The maximum atomic E-state index is 12.1. The minimum absolute atomic E-state index is 0.256. The van der Waals surface area contributed by atoms with Gasteiger partial charge in [0.15, 0.2) is 0 Å². The van der Waals surface area contributed by atoms with Gasteiger partial charge in [-0.15, -0.1) is 0 Å². The minimum atomic E-state index is -0.577. The number of ether oxygens (including phenoxy) is 1. The smallest absolute Gasteiger partial charge is 0.343 e. The van der Waals surface area contributed by atoms with Gasteiger partial charge in [0.1, 0.15) is 5.75 Å². The van der Waals surface area contributed by atoms with E-state index < -0.39 is 10.9 Å². The standard InChI is InChI=1S/C16H12BrNO4/c1-11-2-4-12(5-3-11)16(19)22-15-7-6-14(17)10-13(15)8-9-18(20)21/h2-10H,1H3/b9-8+. The second-order valence-corrected chi connectivity index (χ2v) is 5.45. The van der Waals surface area contributed by atoms with Gasteiger partial charge in [0.05, 0.1) is 10.5 Å². The van der Waals surface area contributed by atoms with E-state index in [0.29, 0.717) is 11.1 Å². The first-order valence-electron chi connectivity index (χ1n) is 6.36. The lowest BCUT2D eigenvalue weighted by atomic mass is 10.1. The quantitative estimate of drug-likeness (QED) is 0.353. The van der Waals surface area contributed by atoms with Crippen LogP contribution in [0.2, 0.25) is 0 Å². The van der Waals surface area contributed by atoms with Crippen molar-refractivity contribution in [2.75, 3.05) is 0 Å². The van der Waals surface area contributed by atoms with E-state index in [1.807, 2.05) is 19.1 Å². The van der Waals surface area contributed by atoms with Crippen molar-refractivity contribution in [3.63, 3.8) is 0 Å². The number of hydrogen-bond acceptors (Lipinski definition) is 4. The average Bonchev–Trinajstić information content (AvgIpc) is 2.48. The molecule has 0 bridgehead atoms. The Hall–Kier alpha value is -2.47. The highest BCUT2D eigenvalue weighted by Crippen LogP contribution is 2.25. The normalized spacial score (nSPS) is 10.6. The van der Waals surface area contributed by atoms with E-state index in [0.717, 1.165) is 16.2 Å². The van der Waals surface area contributed by atoms with Gasteiger partial charge < -0.3 is 4.74 Å². The van der Waals surface area contributed by atoms with Crippen LogP contribution < -0.4 is 4.74 Å². The topological polar surface area (TPSA) is 69.4 Å². The third-order valence-electron chi connectivity index (χ3n) is 2.84. The molecule has 0 fully saturated rings. The van der Waals surface area contributed by atoms with Crippen molar-refractivity contribution >= 4 is 28.0 Å². The molecule has 0 heterocycles. The van der Waals surface area contributed by atoms with Crippen molar-refractivity contribution in [3.05, 3.63) is 79.9 Å². The van der Waals surface area contributed by atoms with E-state index in [1.165, 1.54) is 6.08 Å². The molecule has 0 aliphatic carbocycles. The van der Waals surface area contributed by atoms with Crippen LogP contribution in [-0.2, 0) is 0 Å². The zero-order valence-electron chi connectivity index (χ0n) is 11.7. The van der Waals surface area contributed by atoms with E-state index in [4.69, 9.17) is 4.74 Å². The van der Waals surface area contributed by atoms with Crippen LogP contribution in [0.3, 0.4) is 0 Å². The Morgan fingerprint density at radius 3 is 2.55 bits per heavy atom. The first-order chi connectivity index (χ1) is 10.5. The van der Waals surface area contributed by atoms with Gasteiger partial charge in [0.2, 0.25) is 6.20 Å². The Labute approximate surface area is 135 Å². The van der Waals surface area contributed by atoms with Crippen molar-refractivity contribution in [2.24, 2.45) is 0 Å². The zero-order valence-corrected chi connectivity index (χ0v) is 13.2. The number of nitro groups is 1. The second kappa shape index (κ2) is 7.00. The van der Waals surface area contributed by atoms with Gasteiger partial charge >= 0.3 is 5.97 Å². The molecule has 0 aromatic heterocycles. The maximum Gasteiger partial charge on any atom is 0.343 e. The van der Waals surface area contributed by atoms with Gasteiger partial charge in [0.25, 0.3) is 0 Å². The molecule has 5 nitrogen and oxygen atoms in total. The number of halogens is 1. The number of benzene rings is 2. The van der Waals surface area contributed by atoms with Crippen LogP contribution in [0.4, 0.5) is 0 Å². The molecule has 2 aromatic rings. The number of nitrogens with zero attached hydrogens (tertiary/aromatic N) is 1. The fourth-order valence-corrected chi connectivity index (χ4v) is 2.11. The van der Waals surface area contributed by atoms with E-state index in [2.05, 4.69) is 15.9 Å². The molecule has 0 amide bonds. The summed E-state index contributed by atoms with van der Waals surface area (Å²) < 4.78 is 6.05. The van der Waals surface area contributed by atoms with Crippen LogP contribution in [0.1, 0.15) is 21.5 Å². The number of carbonyl (C=O) groups is 1. The summed E-state index contributed by atoms with van der Waals surface area (Å²) in [7, 11) is 0. The number of rotatable bonds is 4. The molecule has 0 radical (unpaired) electrons. The SMILES string of the molecule is Cc1ccc(C(=O)Oc2ccc(Br)cc2/C=C/[N+](=O)[O-])cc1. The van der Waals surface area contributed by atoms with E-state index in [9.17, 15) is 14.9 Å². The molecule has 2 aromatic carbocycles. The molecular weight excluding hydrogens is 350 g/mol. The molecule has 0 saturated carbocycles. The zero-order chi connectivity index (χ0) is 16.1.